The van der Waals surface area contributed by atoms with Gasteiger partial charge in [-0.05, 0) is 42.3 Å². The highest BCUT2D eigenvalue weighted by atomic mass is 19.1. The minimum absolute atomic E-state index is 0.190. The summed E-state index contributed by atoms with van der Waals surface area (Å²) in [5, 5.41) is 2.91. The van der Waals surface area contributed by atoms with Crippen LogP contribution in [-0.2, 0) is 6.42 Å². The lowest BCUT2D eigenvalue weighted by atomic mass is 10.0. The Kier molecular flexibility index (Phi) is 5.74. The Hall–Kier alpha value is -2.36. The Morgan fingerprint density at radius 3 is 2.57 bits per heavy atom. The predicted octanol–water partition coefficient (Wildman–Crippen LogP) is 4.09. The van der Waals surface area contributed by atoms with Crippen LogP contribution in [0.1, 0.15) is 40.9 Å². The first-order valence-corrected chi connectivity index (χ1v) is 7.57. The van der Waals surface area contributed by atoms with Crippen molar-refractivity contribution >= 4 is 5.91 Å². The van der Waals surface area contributed by atoms with Gasteiger partial charge in [-0.15, -0.1) is 0 Å². The number of rotatable bonds is 6. The van der Waals surface area contributed by atoms with Crippen LogP contribution in [0, 0.1) is 12.7 Å². The number of nitrogens with one attached hydrogen (secondary N) is 1. The quantitative estimate of drug-likeness (QED) is 0.816. The number of carbonyl (C=O) groups excluding carboxylic acids is 1. The Labute approximate surface area is 136 Å². The molecule has 0 radical (unpaired) electrons. The number of methoxy groups -OCH3 is 1. The molecule has 1 amide bonds. The predicted molar refractivity (Wildman–Crippen MR) is 89.0 cm³/mol. The van der Waals surface area contributed by atoms with Crippen LogP contribution in [-0.4, -0.2) is 13.0 Å². The first kappa shape index (κ1) is 17.0. The molecule has 1 N–H and O–H groups in total. The van der Waals surface area contributed by atoms with Gasteiger partial charge in [0.1, 0.15) is 11.6 Å². The first-order chi connectivity index (χ1) is 11.0. The van der Waals surface area contributed by atoms with Crippen molar-refractivity contribution in [2.75, 3.05) is 7.11 Å². The molecule has 0 aliphatic rings. The SMILES string of the molecule is [CH2-]CCc1ccc(F)cc1C(=O)NC(C)c1ccc(OC)cc1. The second-order valence-electron chi connectivity index (χ2n) is 5.37. The van der Waals surface area contributed by atoms with Gasteiger partial charge in [0.2, 0.25) is 0 Å². The van der Waals surface area contributed by atoms with Crippen molar-refractivity contribution in [3.8, 4) is 5.75 Å². The maximum Gasteiger partial charge on any atom is 0.252 e. The molecular formula is C19H21FNO2-. The molecule has 0 saturated heterocycles. The van der Waals surface area contributed by atoms with Gasteiger partial charge in [0.05, 0.1) is 13.2 Å². The Morgan fingerprint density at radius 1 is 1.26 bits per heavy atom. The number of aryl methyl sites for hydroxylation is 1. The summed E-state index contributed by atoms with van der Waals surface area (Å²) in [5.41, 5.74) is 2.13. The number of amides is 1. The summed E-state index contributed by atoms with van der Waals surface area (Å²) >= 11 is 0. The summed E-state index contributed by atoms with van der Waals surface area (Å²) in [6, 6.07) is 11.6. The number of hydrogen-bond donors (Lipinski definition) is 1. The minimum Gasteiger partial charge on any atom is -0.497 e. The molecule has 3 nitrogen and oxygen atoms in total. The first-order valence-electron chi connectivity index (χ1n) is 7.57. The van der Waals surface area contributed by atoms with E-state index in [4.69, 9.17) is 4.74 Å². The van der Waals surface area contributed by atoms with Gasteiger partial charge in [-0.2, -0.15) is 6.42 Å². The van der Waals surface area contributed by atoms with Crippen LogP contribution in [0.15, 0.2) is 42.5 Å². The van der Waals surface area contributed by atoms with Gasteiger partial charge in [-0.1, -0.05) is 24.6 Å². The van der Waals surface area contributed by atoms with E-state index in [1.165, 1.54) is 12.1 Å². The maximum absolute atomic E-state index is 13.5. The molecule has 2 rings (SSSR count). The zero-order chi connectivity index (χ0) is 16.8. The molecule has 0 aliphatic carbocycles. The summed E-state index contributed by atoms with van der Waals surface area (Å²) in [5.74, 6) is 0.0615. The standard InChI is InChI=1S/C19H21FNO2/c1-4-5-15-6-9-16(20)12-18(15)19(22)21-13(2)14-7-10-17(23-3)11-8-14/h6-13H,1,4-5H2,2-3H3,(H,21,22)/q-1. The van der Waals surface area contributed by atoms with E-state index < -0.39 is 5.82 Å². The van der Waals surface area contributed by atoms with E-state index in [2.05, 4.69) is 12.2 Å². The molecular weight excluding hydrogens is 293 g/mol. The molecule has 1 atom stereocenters. The number of halogens is 1. The summed E-state index contributed by atoms with van der Waals surface area (Å²) < 4.78 is 18.6. The van der Waals surface area contributed by atoms with Crippen molar-refractivity contribution in [3.05, 3.63) is 71.9 Å². The third kappa shape index (κ3) is 4.31. The Bertz CT molecular complexity index is 668. The highest BCUT2D eigenvalue weighted by Gasteiger charge is 2.15. The molecule has 0 spiro atoms. The summed E-state index contributed by atoms with van der Waals surface area (Å²) in [7, 11) is 1.61. The smallest absolute Gasteiger partial charge is 0.252 e. The van der Waals surface area contributed by atoms with Gasteiger partial charge >= 0.3 is 0 Å². The van der Waals surface area contributed by atoms with Crippen LogP contribution in [0.5, 0.6) is 5.75 Å². The van der Waals surface area contributed by atoms with E-state index in [9.17, 15) is 9.18 Å². The van der Waals surface area contributed by atoms with Crippen LogP contribution in [0.2, 0.25) is 0 Å². The lowest BCUT2D eigenvalue weighted by Gasteiger charge is -2.17. The van der Waals surface area contributed by atoms with Crippen molar-refractivity contribution in [1.82, 2.24) is 5.32 Å². The largest absolute Gasteiger partial charge is 0.497 e. The van der Waals surface area contributed by atoms with Gasteiger partial charge < -0.3 is 17.0 Å². The minimum atomic E-state index is -0.417. The van der Waals surface area contributed by atoms with E-state index in [-0.39, 0.29) is 11.9 Å². The van der Waals surface area contributed by atoms with E-state index in [0.717, 1.165) is 16.9 Å². The van der Waals surface area contributed by atoms with Gasteiger partial charge in [0.15, 0.2) is 0 Å². The van der Waals surface area contributed by atoms with Crippen LogP contribution in [0.25, 0.3) is 0 Å². The monoisotopic (exact) mass is 314 g/mol. The molecule has 0 heterocycles. The fourth-order valence-corrected chi connectivity index (χ4v) is 2.42. The third-order valence-corrected chi connectivity index (χ3v) is 3.73. The van der Waals surface area contributed by atoms with E-state index in [0.29, 0.717) is 18.4 Å². The van der Waals surface area contributed by atoms with Gasteiger partial charge in [0.25, 0.3) is 5.91 Å². The lowest BCUT2D eigenvalue weighted by molar-refractivity contribution is 0.0938. The second kappa shape index (κ2) is 7.77. The molecule has 0 saturated carbocycles. The number of hydrogen-bond acceptors (Lipinski definition) is 2. The molecule has 23 heavy (non-hydrogen) atoms. The van der Waals surface area contributed by atoms with Crippen LogP contribution in [0.3, 0.4) is 0 Å². The lowest BCUT2D eigenvalue weighted by Crippen LogP contribution is -2.27. The molecule has 4 heteroatoms. The molecule has 0 fully saturated rings. The van der Waals surface area contributed by atoms with Crippen molar-refractivity contribution in [1.29, 1.82) is 0 Å². The number of benzene rings is 2. The van der Waals surface area contributed by atoms with E-state index in [1.54, 1.807) is 13.2 Å². The molecule has 1 unspecified atom stereocenters. The van der Waals surface area contributed by atoms with E-state index >= 15 is 0 Å². The molecule has 0 aliphatic heterocycles. The van der Waals surface area contributed by atoms with Crippen molar-refractivity contribution in [3.63, 3.8) is 0 Å². The van der Waals surface area contributed by atoms with Crippen LogP contribution >= 0.6 is 0 Å². The summed E-state index contributed by atoms with van der Waals surface area (Å²) in [4.78, 5) is 12.5. The maximum atomic E-state index is 13.5. The zero-order valence-electron chi connectivity index (χ0n) is 13.4. The second-order valence-corrected chi connectivity index (χ2v) is 5.37. The highest BCUT2D eigenvalue weighted by Crippen LogP contribution is 2.19. The molecule has 0 aromatic heterocycles. The van der Waals surface area contributed by atoms with Crippen molar-refractivity contribution in [2.24, 2.45) is 0 Å². The average Bonchev–Trinajstić information content (AvgIpc) is 2.56. The Balaban J connectivity index is 2.15. The molecule has 122 valence electrons. The summed E-state index contributed by atoms with van der Waals surface area (Å²) in [6.07, 6.45) is 1.29. The van der Waals surface area contributed by atoms with Gasteiger partial charge in [0, 0.05) is 5.56 Å². The topological polar surface area (TPSA) is 38.3 Å². The third-order valence-electron chi connectivity index (χ3n) is 3.73. The average molecular weight is 314 g/mol. The Morgan fingerprint density at radius 2 is 1.96 bits per heavy atom. The molecule has 2 aromatic carbocycles. The number of ether oxygens (including phenoxy) is 1. The normalized spacial score (nSPS) is 11.8. The zero-order valence-corrected chi connectivity index (χ0v) is 13.4. The van der Waals surface area contributed by atoms with Crippen molar-refractivity contribution in [2.45, 2.75) is 25.8 Å². The van der Waals surface area contributed by atoms with Crippen molar-refractivity contribution < 1.29 is 13.9 Å². The summed E-state index contributed by atoms with van der Waals surface area (Å²) in [6.45, 7) is 5.68. The van der Waals surface area contributed by atoms with Crippen LogP contribution < -0.4 is 10.1 Å². The van der Waals surface area contributed by atoms with Gasteiger partial charge in [-0.25, -0.2) is 4.39 Å². The van der Waals surface area contributed by atoms with Crippen LogP contribution in [0.4, 0.5) is 4.39 Å². The fraction of sp³-hybridized carbons (Fsp3) is 0.263. The number of carbonyl (C=O) groups is 1. The van der Waals surface area contributed by atoms with E-state index in [1.807, 2.05) is 31.2 Å². The highest BCUT2D eigenvalue weighted by molar-refractivity contribution is 5.96. The fourth-order valence-electron chi connectivity index (χ4n) is 2.42. The molecule has 0 bridgehead atoms. The molecule has 2 aromatic rings. The van der Waals surface area contributed by atoms with Gasteiger partial charge in [-0.3, -0.25) is 4.79 Å².